The van der Waals surface area contributed by atoms with Crippen LogP contribution in [0.5, 0.6) is 0 Å². The molecule has 0 aliphatic carbocycles. The topological polar surface area (TPSA) is 78.4 Å². The molecule has 0 heterocycles. The van der Waals surface area contributed by atoms with E-state index >= 15 is 0 Å². The number of rotatable bonds is 7. The smallest absolute Gasteiger partial charge is 0.315 e. The molecule has 6 heteroatoms. The predicted octanol–water partition coefficient (Wildman–Crippen LogP) is 1.15. The molecule has 0 spiro atoms. The van der Waals surface area contributed by atoms with E-state index in [0.29, 0.717) is 6.54 Å². The molecule has 0 aromatic carbocycles. The van der Waals surface area contributed by atoms with E-state index in [-0.39, 0.29) is 12.1 Å². The summed E-state index contributed by atoms with van der Waals surface area (Å²) in [4.78, 5) is 22.0. The van der Waals surface area contributed by atoms with Gasteiger partial charge in [0.1, 0.15) is 0 Å². The van der Waals surface area contributed by atoms with Gasteiger partial charge in [-0.3, -0.25) is 4.79 Å². The van der Waals surface area contributed by atoms with E-state index in [1.807, 2.05) is 6.26 Å². The molecule has 5 nitrogen and oxygen atoms in total. The molecule has 0 saturated heterocycles. The van der Waals surface area contributed by atoms with Crippen LogP contribution in [0.15, 0.2) is 0 Å². The van der Waals surface area contributed by atoms with Crippen molar-refractivity contribution in [2.75, 3.05) is 18.6 Å². The molecular weight excluding hydrogens is 228 g/mol. The van der Waals surface area contributed by atoms with E-state index in [1.54, 1.807) is 25.6 Å². The summed E-state index contributed by atoms with van der Waals surface area (Å²) in [5.74, 6) is -0.492. The van der Waals surface area contributed by atoms with Crippen molar-refractivity contribution in [3.05, 3.63) is 0 Å². The largest absolute Gasteiger partial charge is 0.481 e. The van der Waals surface area contributed by atoms with E-state index < -0.39 is 11.9 Å². The van der Waals surface area contributed by atoms with Crippen LogP contribution in [0.2, 0.25) is 0 Å². The van der Waals surface area contributed by atoms with E-state index in [2.05, 4.69) is 10.6 Å². The Bertz CT molecular complexity index is 236. The average Bonchev–Trinajstić information content (AvgIpc) is 2.23. The number of carbonyl (C=O) groups is 2. The zero-order valence-electron chi connectivity index (χ0n) is 9.95. The van der Waals surface area contributed by atoms with Crippen molar-refractivity contribution in [2.24, 2.45) is 5.92 Å². The molecule has 2 unspecified atom stereocenters. The second kappa shape index (κ2) is 8.27. The maximum absolute atomic E-state index is 11.3. The SMILES string of the molecule is CSCCCNC(=O)NC(C)C(C)C(=O)O. The van der Waals surface area contributed by atoms with Gasteiger partial charge in [0.15, 0.2) is 0 Å². The molecule has 0 rings (SSSR count). The Morgan fingerprint density at radius 3 is 2.50 bits per heavy atom. The van der Waals surface area contributed by atoms with Gasteiger partial charge in [-0.15, -0.1) is 0 Å². The Balaban J connectivity index is 3.74. The van der Waals surface area contributed by atoms with Crippen LogP contribution in [-0.2, 0) is 4.79 Å². The number of amides is 2. The molecule has 2 amide bonds. The van der Waals surface area contributed by atoms with Gasteiger partial charge in [-0.2, -0.15) is 11.8 Å². The summed E-state index contributed by atoms with van der Waals surface area (Å²) >= 11 is 1.73. The van der Waals surface area contributed by atoms with Crippen molar-refractivity contribution in [1.82, 2.24) is 10.6 Å². The zero-order chi connectivity index (χ0) is 12.6. The third-order valence-electron chi connectivity index (χ3n) is 2.31. The minimum Gasteiger partial charge on any atom is -0.481 e. The summed E-state index contributed by atoms with van der Waals surface area (Å²) in [6, 6.07) is -0.681. The Morgan fingerprint density at radius 2 is 2.00 bits per heavy atom. The molecule has 3 N–H and O–H groups in total. The minimum absolute atomic E-state index is 0.304. The third kappa shape index (κ3) is 6.55. The number of nitrogens with one attached hydrogen (secondary N) is 2. The second-order valence-corrected chi connectivity index (χ2v) is 4.65. The van der Waals surface area contributed by atoms with Crippen LogP contribution in [0.3, 0.4) is 0 Å². The molecule has 0 aliphatic heterocycles. The zero-order valence-corrected chi connectivity index (χ0v) is 10.8. The highest BCUT2D eigenvalue weighted by Gasteiger charge is 2.20. The van der Waals surface area contributed by atoms with Crippen LogP contribution in [-0.4, -0.2) is 41.7 Å². The van der Waals surface area contributed by atoms with Crippen LogP contribution < -0.4 is 10.6 Å². The quantitative estimate of drug-likeness (QED) is 0.591. The van der Waals surface area contributed by atoms with Gasteiger partial charge < -0.3 is 15.7 Å². The molecule has 0 aliphatic rings. The Kier molecular flexibility index (Phi) is 7.80. The summed E-state index contributed by atoms with van der Waals surface area (Å²) in [6.07, 6.45) is 2.92. The van der Waals surface area contributed by atoms with Crippen molar-refractivity contribution < 1.29 is 14.7 Å². The number of aliphatic carboxylic acids is 1. The lowest BCUT2D eigenvalue weighted by Gasteiger charge is -2.18. The van der Waals surface area contributed by atoms with Crippen molar-refractivity contribution in [3.8, 4) is 0 Å². The molecule has 0 saturated carbocycles. The van der Waals surface area contributed by atoms with E-state index in [0.717, 1.165) is 12.2 Å². The molecule has 94 valence electrons. The molecule has 0 fully saturated rings. The van der Waals surface area contributed by atoms with Gasteiger partial charge in [0, 0.05) is 12.6 Å². The monoisotopic (exact) mass is 248 g/mol. The number of carbonyl (C=O) groups excluding carboxylic acids is 1. The van der Waals surface area contributed by atoms with Gasteiger partial charge in [-0.1, -0.05) is 0 Å². The first-order chi connectivity index (χ1) is 7.49. The number of carboxylic acid groups (broad SMARTS) is 1. The van der Waals surface area contributed by atoms with Crippen LogP contribution in [0.1, 0.15) is 20.3 Å². The Hall–Kier alpha value is -0.910. The van der Waals surface area contributed by atoms with Gasteiger partial charge in [-0.25, -0.2) is 4.79 Å². The summed E-state index contributed by atoms with van der Waals surface area (Å²) in [5.41, 5.74) is 0. The summed E-state index contributed by atoms with van der Waals surface area (Å²) < 4.78 is 0. The van der Waals surface area contributed by atoms with Crippen molar-refractivity contribution >= 4 is 23.8 Å². The lowest BCUT2D eigenvalue weighted by molar-refractivity contribution is -0.141. The van der Waals surface area contributed by atoms with E-state index in [1.165, 1.54) is 0 Å². The number of urea groups is 1. The van der Waals surface area contributed by atoms with Gasteiger partial charge in [0.2, 0.25) is 0 Å². The molecular formula is C10H20N2O3S. The molecule has 0 bridgehead atoms. The second-order valence-electron chi connectivity index (χ2n) is 3.66. The standard InChI is InChI=1S/C10H20N2O3S/c1-7(9(13)14)8(2)12-10(15)11-5-4-6-16-3/h7-8H,4-6H2,1-3H3,(H,13,14)(H2,11,12,15). The van der Waals surface area contributed by atoms with Gasteiger partial charge in [0.05, 0.1) is 5.92 Å². The lowest BCUT2D eigenvalue weighted by atomic mass is 10.0. The summed E-state index contributed by atoms with van der Waals surface area (Å²) in [6.45, 7) is 3.86. The lowest BCUT2D eigenvalue weighted by Crippen LogP contribution is -2.45. The Morgan fingerprint density at radius 1 is 1.38 bits per heavy atom. The molecule has 16 heavy (non-hydrogen) atoms. The molecule has 0 radical (unpaired) electrons. The first-order valence-corrected chi connectivity index (χ1v) is 6.64. The molecule has 0 aromatic heterocycles. The third-order valence-corrected chi connectivity index (χ3v) is 3.01. The number of hydrogen-bond donors (Lipinski definition) is 3. The fourth-order valence-electron chi connectivity index (χ4n) is 1.02. The number of hydrogen-bond acceptors (Lipinski definition) is 3. The summed E-state index contributed by atoms with van der Waals surface area (Å²) in [7, 11) is 0. The maximum Gasteiger partial charge on any atom is 0.315 e. The molecule has 2 atom stereocenters. The van der Waals surface area contributed by atoms with Crippen LogP contribution in [0, 0.1) is 5.92 Å². The Labute approximate surface area is 100 Å². The highest BCUT2D eigenvalue weighted by Crippen LogP contribution is 2.01. The fourth-order valence-corrected chi connectivity index (χ4v) is 1.45. The highest BCUT2D eigenvalue weighted by atomic mass is 32.2. The number of carboxylic acids is 1. The highest BCUT2D eigenvalue weighted by molar-refractivity contribution is 7.98. The first-order valence-electron chi connectivity index (χ1n) is 5.25. The number of thioether (sulfide) groups is 1. The van der Waals surface area contributed by atoms with Gasteiger partial charge in [-0.05, 0) is 32.3 Å². The van der Waals surface area contributed by atoms with Crippen molar-refractivity contribution in [3.63, 3.8) is 0 Å². The first kappa shape index (κ1) is 15.1. The molecule has 0 aromatic rings. The van der Waals surface area contributed by atoms with Crippen molar-refractivity contribution in [1.29, 1.82) is 0 Å². The van der Waals surface area contributed by atoms with Crippen molar-refractivity contribution in [2.45, 2.75) is 26.3 Å². The maximum atomic E-state index is 11.3. The fraction of sp³-hybridized carbons (Fsp3) is 0.800. The van der Waals surface area contributed by atoms with Gasteiger partial charge >= 0.3 is 12.0 Å². The van der Waals surface area contributed by atoms with Gasteiger partial charge in [0.25, 0.3) is 0 Å². The van der Waals surface area contributed by atoms with E-state index in [9.17, 15) is 9.59 Å². The normalized spacial score (nSPS) is 13.9. The minimum atomic E-state index is -0.907. The van der Waals surface area contributed by atoms with Crippen LogP contribution in [0.4, 0.5) is 4.79 Å². The van der Waals surface area contributed by atoms with Crippen LogP contribution >= 0.6 is 11.8 Å². The average molecular weight is 248 g/mol. The predicted molar refractivity (Wildman–Crippen MR) is 65.8 cm³/mol. The van der Waals surface area contributed by atoms with E-state index in [4.69, 9.17) is 5.11 Å². The van der Waals surface area contributed by atoms with Crippen LogP contribution in [0.25, 0.3) is 0 Å². The summed E-state index contributed by atoms with van der Waals surface area (Å²) in [5, 5.41) is 14.0.